The molecule has 0 saturated carbocycles. The van der Waals surface area contributed by atoms with Crippen molar-refractivity contribution < 1.29 is 9.59 Å². The van der Waals surface area contributed by atoms with Gasteiger partial charge in [-0.1, -0.05) is 6.07 Å². The number of carbonyl (C=O) groups excluding carboxylic acids is 2. The predicted octanol–water partition coefficient (Wildman–Crippen LogP) is 1.90. The molecule has 1 aromatic carbocycles. The Balaban J connectivity index is 1.73. The molecule has 0 N–H and O–H groups in total. The zero-order chi connectivity index (χ0) is 14.6. The number of nitrogens with zero attached hydrogens (tertiary/aromatic N) is 2. The normalized spacial score (nSPS) is 28.0. The van der Waals surface area contributed by atoms with E-state index < -0.39 is 0 Å². The minimum atomic E-state index is -0.383. The number of piperazine rings is 1. The highest BCUT2D eigenvalue weighted by Crippen LogP contribution is 2.33. The van der Waals surface area contributed by atoms with Gasteiger partial charge in [0, 0.05) is 12.2 Å². The van der Waals surface area contributed by atoms with Crippen LogP contribution in [0.3, 0.4) is 0 Å². The molecule has 4 rings (SSSR count). The molecule has 2 fully saturated rings. The van der Waals surface area contributed by atoms with Gasteiger partial charge in [-0.05, 0) is 62.3 Å². The van der Waals surface area contributed by atoms with Crippen molar-refractivity contribution in [1.82, 2.24) is 4.90 Å². The van der Waals surface area contributed by atoms with Gasteiger partial charge in [0.15, 0.2) is 0 Å². The number of amides is 2. The van der Waals surface area contributed by atoms with Gasteiger partial charge in [0.25, 0.3) is 5.91 Å². The highest BCUT2D eigenvalue weighted by Gasteiger charge is 2.46. The van der Waals surface area contributed by atoms with Crippen molar-refractivity contribution in [2.75, 3.05) is 11.4 Å². The average Bonchev–Trinajstić information content (AvgIpc) is 3.13. The van der Waals surface area contributed by atoms with Crippen LogP contribution in [0.2, 0.25) is 0 Å². The van der Waals surface area contributed by atoms with E-state index in [1.54, 1.807) is 9.80 Å². The molecule has 110 valence electrons. The summed E-state index contributed by atoms with van der Waals surface area (Å²) in [4.78, 5) is 28.8. The van der Waals surface area contributed by atoms with Crippen molar-refractivity contribution in [2.45, 2.75) is 51.1 Å². The third kappa shape index (κ3) is 1.81. The lowest BCUT2D eigenvalue weighted by Crippen LogP contribution is -2.62. The van der Waals surface area contributed by atoms with E-state index in [-0.39, 0.29) is 23.9 Å². The minimum Gasteiger partial charge on any atom is -0.329 e. The van der Waals surface area contributed by atoms with Crippen molar-refractivity contribution in [3.8, 4) is 0 Å². The number of carbonyl (C=O) groups is 2. The van der Waals surface area contributed by atoms with Gasteiger partial charge in [-0.3, -0.25) is 14.5 Å². The van der Waals surface area contributed by atoms with Gasteiger partial charge >= 0.3 is 0 Å². The molecule has 2 unspecified atom stereocenters. The van der Waals surface area contributed by atoms with E-state index in [2.05, 4.69) is 12.1 Å². The summed E-state index contributed by atoms with van der Waals surface area (Å²) in [6, 6.07) is 5.64. The Hall–Kier alpha value is -1.84. The number of fused-ring (bicyclic) bond motifs is 2. The van der Waals surface area contributed by atoms with Gasteiger partial charge in [0.1, 0.15) is 12.1 Å². The number of rotatable bonds is 1. The summed E-state index contributed by atoms with van der Waals surface area (Å²) in [6.07, 6.45) is 5.15. The molecule has 0 aromatic heterocycles. The first kappa shape index (κ1) is 12.9. The highest BCUT2D eigenvalue weighted by molar-refractivity contribution is 6.08. The van der Waals surface area contributed by atoms with Crippen LogP contribution in [0, 0.1) is 0 Å². The zero-order valence-corrected chi connectivity index (χ0v) is 12.3. The summed E-state index contributed by atoms with van der Waals surface area (Å²) >= 11 is 0. The van der Waals surface area contributed by atoms with Crippen molar-refractivity contribution in [1.29, 1.82) is 0 Å². The fourth-order valence-electron chi connectivity index (χ4n) is 4.05. The second-order valence-corrected chi connectivity index (χ2v) is 6.38. The third-order valence-corrected chi connectivity index (χ3v) is 5.16. The van der Waals surface area contributed by atoms with Crippen LogP contribution in [0.1, 0.15) is 37.3 Å². The molecular weight excluding hydrogens is 264 g/mol. The van der Waals surface area contributed by atoms with Gasteiger partial charge in [-0.25, -0.2) is 0 Å². The topological polar surface area (TPSA) is 40.6 Å². The largest absolute Gasteiger partial charge is 0.329 e. The van der Waals surface area contributed by atoms with Crippen LogP contribution >= 0.6 is 0 Å². The van der Waals surface area contributed by atoms with Crippen LogP contribution in [0.15, 0.2) is 18.2 Å². The van der Waals surface area contributed by atoms with Crippen LogP contribution in [0.5, 0.6) is 0 Å². The quantitative estimate of drug-likeness (QED) is 0.790. The molecule has 0 radical (unpaired) electrons. The standard InChI is InChI=1S/C17H20N2O2/c1-11-16(20)18-9-3-6-15(18)17(21)19(11)14-8-7-12-4-2-5-13(12)10-14/h7-8,10-11,15H,2-6,9H2,1H3. The van der Waals surface area contributed by atoms with Gasteiger partial charge in [0.05, 0.1) is 0 Å². The fraction of sp³-hybridized carbons (Fsp3) is 0.529. The Morgan fingerprint density at radius 3 is 2.71 bits per heavy atom. The van der Waals surface area contributed by atoms with Gasteiger partial charge in [-0.2, -0.15) is 0 Å². The summed E-state index contributed by atoms with van der Waals surface area (Å²) < 4.78 is 0. The fourth-order valence-corrected chi connectivity index (χ4v) is 4.05. The monoisotopic (exact) mass is 284 g/mol. The van der Waals surface area contributed by atoms with Gasteiger partial charge in [-0.15, -0.1) is 0 Å². The van der Waals surface area contributed by atoms with E-state index in [1.807, 2.05) is 13.0 Å². The van der Waals surface area contributed by atoms with E-state index in [0.29, 0.717) is 0 Å². The van der Waals surface area contributed by atoms with Crippen LogP contribution in [-0.2, 0) is 22.4 Å². The van der Waals surface area contributed by atoms with E-state index in [9.17, 15) is 9.59 Å². The molecule has 2 atom stereocenters. The van der Waals surface area contributed by atoms with E-state index in [4.69, 9.17) is 0 Å². The second kappa shape index (κ2) is 4.58. The Kier molecular flexibility index (Phi) is 2.81. The predicted molar refractivity (Wildman–Crippen MR) is 80.2 cm³/mol. The summed E-state index contributed by atoms with van der Waals surface area (Å²) in [6.45, 7) is 2.58. The molecule has 1 aliphatic carbocycles. The maximum Gasteiger partial charge on any atom is 0.250 e. The smallest absolute Gasteiger partial charge is 0.250 e. The first-order valence-corrected chi connectivity index (χ1v) is 7.92. The molecule has 2 aliphatic heterocycles. The number of hydrogen-bond acceptors (Lipinski definition) is 2. The third-order valence-electron chi connectivity index (χ3n) is 5.16. The second-order valence-electron chi connectivity index (χ2n) is 6.38. The summed E-state index contributed by atoms with van der Waals surface area (Å²) in [7, 11) is 0. The molecule has 3 aliphatic rings. The summed E-state index contributed by atoms with van der Waals surface area (Å²) in [5.41, 5.74) is 3.63. The summed E-state index contributed by atoms with van der Waals surface area (Å²) in [5, 5.41) is 0. The number of anilines is 1. The number of aryl methyl sites for hydroxylation is 2. The lowest BCUT2D eigenvalue weighted by Gasteiger charge is -2.41. The highest BCUT2D eigenvalue weighted by atomic mass is 16.2. The number of benzene rings is 1. The van der Waals surface area contributed by atoms with Crippen molar-refractivity contribution in [3.63, 3.8) is 0 Å². The lowest BCUT2D eigenvalue weighted by atomic mass is 10.0. The van der Waals surface area contributed by atoms with E-state index in [1.165, 1.54) is 17.5 Å². The van der Waals surface area contributed by atoms with Crippen LogP contribution in [0.25, 0.3) is 0 Å². The maximum atomic E-state index is 12.8. The Labute approximate surface area is 124 Å². The molecular formula is C17H20N2O2. The van der Waals surface area contributed by atoms with Crippen molar-refractivity contribution in [3.05, 3.63) is 29.3 Å². The van der Waals surface area contributed by atoms with E-state index in [0.717, 1.165) is 37.9 Å². The molecule has 2 amide bonds. The molecule has 2 heterocycles. The molecule has 1 aromatic rings. The van der Waals surface area contributed by atoms with Crippen molar-refractivity contribution in [2.24, 2.45) is 0 Å². The van der Waals surface area contributed by atoms with E-state index >= 15 is 0 Å². The first-order valence-electron chi connectivity index (χ1n) is 7.92. The lowest BCUT2D eigenvalue weighted by molar-refractivity contribution is -0.143. The molecule has 0 spiro atoms. The summed E-state index contributed by atoms with van der Waals surface area (Å²) in [5.74, 6) is 0.190. The Bertz CT molecular complexity index is 625. The average molecular weight is 284 g/mol. The molecule has 4 heteroatoms. The minimum absolute atomic E-state index is 0.0950. The molecule has 21 heavy (non-hydrogen) atoms. The molecule has 2 saturated heterocycles. The number of hydrogen-bond donors (Lipinski definition) is 0. The van der Waals surface area contributed by atoms with Crippen LogP contribution < -0.4 is 4.90 Å². The maximum absolute atomic E-state index is 12.8. The van der Waals surface area contributed by atoms with Gasteiger partial charge in [0.2, 0.25) is 5.91 Å². The SMILES string of the molecule is CC1C(=O)N2CCCC2C(=O)N1c1ccc2c(c1)CCC2. The first-order chi connectivity index (χ1) is 10.2. The Morgan fingerprint density at radius 1 is 1.05 bits per heavy atom. The van der Waals surface area contributed by atoms with Crippen LogP contribution in [-0.4, -0.2) is 35.3 Å². The molecule has 4 nitrogen and oxygen atoms in total. The zero-order valence-electron chi connectivity index (χ0n) is 12.3. The Morgan fingerprint density at radius 2 is 1.86 bits per heavy atom. The van der Waals surface area contributed by atoms with Crippen LogP contribution in [0.4, 0.5) is 5.69 Å². The van der Waals surface area contributed by atoms with Gasteiger partial charge < -0.3 is 4.90 Å². The molecule has 0 bridgehead atoms. The van der Waals surface area contributed by atoms with Crippen molar-refractivity contribution >= 4 is 17.5 Å².